The molecule has 0 bridgehead atoms. The van der Waals surface area contributed by atoms with E-state index in [1.165, 1.54) is 12.1 Å². The Morgan fingerprint density at radius 3 is 2.03 bits per heavy atom. The summed E-state index contributed by atoms with van der Waals surface area (Å²) in [5, 5.41) is 8.83. The number of aromatic nitrogens is 1. The first-order valence-corrected chi connectivity index (χ1v) is 12.3. The summed E-state index contributed by atoms with van der Waals surface area (Å²) in [5.74, 6) is -0.247. The minimum absolute atomic E-state index is 0.247. The first kappa shape index (κ1) is 25.7. The van der Waals surface area contributed by atoms with E-state index in [1.54, 1.807) is 0 Å². The molecule has 0 unspecified atom stereocenters. The standard InChI is InChI=1S/C32H32FN4/c1-35(2)29-18-11-25(12-19-29)27-22-31(37(4)32(23-27)26-9-13-28(33)14-10-26)17-8-24-6-15-30(16-7-24)36(3)21-5-20-34/h6-19,22-23H,5,21H2,1-4H3/q+1. The van der Waals surface area contributed by atoms with E-state index in [0.717, 1.165) is 45.0 Å². The van der Waals surface area contributed by atoms with Gasteiger partial charge in [0.05, 0.1) is 12.5 Å². The van der Waals surface area contributed by atoms with E-state index >= 15 is 0 Å². The molecular weight excluding hydrogens is 459 g/mol. The Balaban J connectivity index is 1.71. The van der Waals surface area contributed by atoms with Crippen LogP contribution < -0.4 is 14.4 Å². The molecule has 0 atom stereocenters. The summed E-state index contributed by atoms with van der Waals surface area (Å²) in [6, 6.07) is 30.0. The fourth-order valence-corrected chi connectivity index (χ4v) is 4.23. The lowest BCUT2D eigenvalue weighted by Gasteiger charge is -2.17. The average molecular weight is 492 g/mol. The van der Waals surface area contributed by atoms with Gasteiger partial charge < -0.3 is 9.80 Å². The maximum Gasteiger partial charge on any atom is 0.213 e. The Bertz CT molecular complexity index is 1410. The van der Waals surface area contributed by atoms with Gasteiger partial charge in [0.25, 0.3) is 0 Å². The van der Waals surface area contributed by atoms with Gasteiger partial charge in [0.2, 0.25) is 11.4 Å². The lowest BCUT2D eigenvalue weighted by molar-refractivity contribution is -0.662. The van der Waals surface area contributed by atoms with Gasteiger partial charge in [-0.15, -0.1) is 0 Å². The van der Waals surface area contributed by atoms with Gasteiger partial charge in [-0.25, -0.2) is 4.39 Å². The van der Waals surface area contributed by atoms with Gasteiger partial charge in [-0.05, 0) is 71.3 Å². The van der Waals surface area contributed by atoms with Gasteiger partial charge in [-0.3, -0.25) is 0 Å². The van der Waals surface area contributed by atoms with Crippen LogP contribution in [0, 0.1) is 17.1 Å². The van der Waals surface area contributed by atoms with E-state index < -0.39 is 0 Å². The second-order valence-electron chi connectivity index (χ2n) is 9.32. The van der Waals surface area contributed by atoms with Crippen molar-refractivity contribution in [2.45, 2.75) is 6.42 Å². The van der Waals surface area contributed by atoms with Crippen LogP contribution in [0.3, 0.4) is 0 Å². The Kier molecular flexibility index (Phi) is 8.00. The molecular formula is C32H32FN4+. The maximum atomic E-state index is 13.6. The lowest BCUT2D eigenvalue weighted by atomic mass is 10.0. The molecule has 1 heterocycles. The largest absolute Gasteiger partial charge is 0.378 e. The van der Waals surface area contributed by atoms with Crippen LogP contribution in [0.15, 0.2) is 84.9 Å². The van der Waals surface area contributed by atoms with Crippen LogP contribution in [0.2, 0.25) is 0 Å². The summed E-state index contributed by atoms with van der Waals surface area (Å²) >= 11 is 0. The molecule has 1 aromatic heterocycles. The molecule has 4 aromatic rings. The van der Waals surface area contributed by atoms with E-state index in [-0.39, 0.29) is 5.82 Å². The Morgan fingerprint density at radius 2 is 1.41 bits per heavy atom. The summed E-state index contributed by atoms with van der Waals surface area (Å²) in [6.45, 7) is 0.704. The molecule has 0 saturated heterocycles. The topological polar surface area (TPSA) is 34.1 Å². The van der Waals surface area contributed by atoms with Crippen LogP contribution >= 0.6 is 0 Å². The highest BCUT2D eigenvalue weighted by molar-refractivity contribution is 5.75. The summed E-state index contributed by atoms with van der Waals surface area (Å²) < 4.78 is 15.8. The molecule has 0 aliphatic heterocycles. The third-order valence-electron chi connectivity index (χ3n) is 6.54. The lowest BCUT2D eigenvalue weighted by Crippen LogP contribution is -2.34. The van der Waals surface area contributed by atoms with Gasteiger partial charge in [-0.1, -0.05) is 24.3 Å². The van der Waals surface area contributed by atoms with Crippen molar-refractivity contribution < 1.29 is 8.96 Å². The summed E-state index contributed by atoms with van der Waals surface area (Å²) in [7, 11) is 8.09. The molecule has 0 fully saturated rings. The molecule has 0 aliphatic carbocycles. The number of nitriles is 1. The monoisotopic (exact) mass is 491 g/mol. The predicted octanol–water partition coefficient (Wildman–Crippen LogP) is 6.57. The van der Waals surface area contributed by atoms with E-state index in [1.807, 2.05) is 40.3 Å². The number of halogens is 1. The summed E-state index contributed by atoms with van der Waals surface area (Å²) in [5.41, 5.74) is 8.51. The van der Waals surface area contributed by atoms with Gasteiger partial charge >= 0.3 is 0 Å². The normalized spacial score (nSPS) is 10.9. The molecule has 0 radical (unpaired) electrons. The third-order valence-corrected chi connectivity index (χ3v) is 6.54. The SMILES string of the molecule is CN(C)c1ccc(-c2cc(C=Cc3ccc(N(C)CCC#N)cc3)[n+](C)c(-c3ccc(F)cc3)c2)cc1. The molecule has 0 saturated carbocycles. The number of rotatable bonds is 8. The highest BCUT2D eigenvalue weighted by Gasteiger charge is 2.17. The highest BCUT2D eigenvalue weighted by atomic mass is 19.1. The van der Waals surface area contributed by atoms with Crippen molar-refractivity contribution in [3.05, 3.63) is 102 Å². The zero-order chi connectivity index (χ0) is 26.4. The third kappa shape index (κ3) is 6.23. The molecule has 0 aliphatic rings. The molecule has 4 nitrogen and oxygen atoms in total. The number of hydrogen-bond acceptors (Lipinski definition) is 3. The molecule has 0 N–H and O–H groups in total. The number of anilines is 2. The van der Waals surface area contributed by atoms with Crippen LogP contribution in [0.4, 0.5) is 15.8 Å². The zero-order valence-corrected chi connectivity index (χ0v) is 21.8. The van der Waals surface area contributed by atoms with E-state index in [9.17, 15) is 4.39 Å². The van der Waals surface area contributed by atoms with Crippen LogP contribution in [-0.4, -0.2) is 27.7 Å². The summed E-state index contributed by atoms with van der Waals surface area (Å²) in [4.78, 5) is 4.16. The van der Waals surface area contributed by atoms with Crippen LogP contribution in [0.5, 0.6) is 0 Å². The second kappa shape index (κ2) is 11.5. The molecule has 0 spiro atoms. The predicted molar refractivity (Wildman–Crippen MR) is 152 cm³/mol. The van der Waals surface area contributed by atoms with Crippen molar-refractivity contribution in [3.63, 3.8) is 0 Å². The number of hydrogen-bond donors (Lipinski definition) is 0. The van der Waals surface area contributed by atoms with Crippen molar-refractivity contribution in [1.29, 1.82) is 5.26 Å². The Morgan fingerprint density at radius 1 is 0.784 bits per heavy atom. The number of benzene rings is 3. The molecule has 3 aromatic carbocycles. The smallest absolute Gasteiger partial charge is 0.213 e. The fourth-order valence-electron chi connectivity index (χ4n) is 4.23. The van der Waals surface area contributed by atoms with Crippen LogP contribution in [0.1, 0.15) is 17.7 Å². The highest BCUT2D eigenvalue weighted by Crippen LogP contribution is 2.27. The van der Waals surface area contributed by atoms with Gasteiger partial charge in [0.15, 0.2) is 0 Å². The Labute approximate surface area is 219 Å². The molecule has 5 heteroatoms. The fraction of sp³-hybridized carbons (Fsp3) is 0.188. The van der Waals surface area contributed by atoms with E-state index in [2.05, 4.69) is 93.3 Å². The van der Waals surface area contributed by atoms with Crippen molar-refractivity contribution in [1.82, 2.24) is 0 Å². The van der Waals surface area contributed by atoms with Crippen LogP contribution in [-0.2, 0) is 7.05 Å². The van der Waals surface area contributed by atoms with E-state index in [4.69, 9.17) is 5.26 Å². The van der Waals surface area contributed by atoms with Gasteiger partial charge in [-0.2, -0.15) is 9.83 Å². The first-order valence-electron chi connectivity index (χ1n) is 12.3. The maximum absolute atomic E-state index is 13.6. The minimum Gasteiger partial charge on any atom is -0.378 e. The van der Waals surface area contributed by atoms with Crippen molar-refractivity contribution >= 4 is 23.5 Å². The van der Waals surface area contributed by atoms with Gasteiger partial charge in [0, 0.05) is 62.8 Å². The second-order valence-corrected chi connectivity index (χ2v) is 9.32. The summed E-state index contributed by atoms with van der Waals surface area (Å²) in [6.07, 6.45) is 4.71. The first-order chi connectivity index (χ1) is 17.9. The molecule has 0 amide bonds. The zero-order valence-electron chi connectivity index (χ0n) is 21.8. The van der Waals surface area contributed by atoms with E-state index in [0.29, 0.717) is 13.0 Å². The minimum atomic E-state index is -0.247. The van der Waals surface area contributed by atoms with Crippen molar-refractivity contribution in [2.75, 3.05) is 37.5 Å². The molecule has 186 valence electrons. The molecule has 37 heavy (non-hydrogen) atoms. The Hall–Kier alpha value is -4.43. The van der Waals surface area contributed by atoms with Crippen molar-refractivity contribution in [3.8, 4) is 28.5 Å². The number of nitrogens with zero attached hydrogens (tertiary/aromatic N) is 4. The van der Waals surface area contributed by atoms with Gasteiger partial charge in [0.1, 0.15) is 12.9 Å². The van der Waals surface area contributed by atoms with Crippen molar-refractivity contribution in [2.24, 2.45) is 7.05 Å². The average Bonchev–Trinajstić information content (AvgIpc) is 2.92. The quantitative estimate of drug-likeness (QED) is 0.262. The molecule has 4 rings (SSSR count). The van der Waals surface area contributed by atoms with Crippen LogP contribution in [0.25, 0.3) is 34.5 Å². The number of pyridine rings is 1.